The minimum absolute atomic E-state index is 0.705. The molecule has 1 saturated carbocycles. The first kappa shape index (κ1) is 11.8. The second kappa shape index (κ2) is 5.11. The molecule has 2 rings (SSSR count). The molecular formula is C13H19NOS. The van der Waals surface area contributed by atoms with Gasteiger partial charge in [0.1, 0.15) is 0 Å². The summed E-state index contributed by atoms with van der Waals surface area (Å²) in [5.74, 6) is 0.723. The lowest BCUT2D eigenvalue weighted by Gasteiger charge is -2.07. The van der Waals surface area contributed by atoms with E-state index in [0.717, 1.165) is 22.8 Å². The van der Waals surface area contributed by atoms with E-state index in [1.54, 1.807) is 0 Å². The van der Waals surface area contributed by atoms with Gasteiger partial charge in [0, 0.05) is 23.2 Å². The standard InChI is InChI=1S/C13H19NOS/c1-10-3-6-13(11(2)9-10)16(15)8-7-14-12-4-5-12/h3,6,9,12,14H,4-5,7-8H2,1-2H3. The molecule has 16 heavy (non-hydrogen) atoms. The molecule has 0 aliphatic heterocycles. The lowest BCUT2D eigenvalue weighted by molar-refractivity contribution is 0.672. The van der Waals surface area contributed by atoms with E-state index >= 15 is 0 Å². The summed E-state index contributed by atoms with van der Waals surface area (Å²) in [4.78, 5) is 0.989. The number of rotatable bonds is 5. The van der Waals surface area contributed by atoms with Gasteiger partial charge in [-0.05, 0) is 38.3 Å². The highest BCUT2D eigenvalue weighted by Gasteiger charge is 2.20. The molecule has 0 heterocycles. The molecule has 1 aromatic rings. The third-order valence-electron chi connectivity index (χ3n) is 2.87. The fourth-order valence-corrected chi connectivity index (χ4v) is 2.97. The van der Waals surface area contributed by atoms with Crippen LogP contribution in [0, 0.1) is 13.8 Å². The predicted octanol–water partition coefficient (Wildman–Crippen LogP) is 2.16. The zero-order valence-electron chi connectivity index (χ0n) is 9.95. The maximum atomic E-state index is 12.0. The molecule has 3 heteroatoms. The highest BCUT2D eigenvalue weighted by molar-refractivity contribution is 7.85. The van der Waals surface area contributed by atoms with Crippen LogP contribution in [0.25, 0.3) is 0 Å². The smallest absolute Gasteiger partial charge is 0.0545 e. The number of hydrogen-bond acceptors (Lipinski definition) is 2. The topological polar surface area (TPSA) is 29.1 Å². The normalized spacial score (nSPS) is 17.4. The third-order valence-corrected chi connectivity index (χ3v) is 4.40. The summed E-state index contributed by atoms with van der Waals surface area (Å²) in [5, 5.41) is 3.40. The Labute approximate surface area is 99.9 Å². The van der Waals surface area contributed by atoms with Crippen molar-refractivity contribution in [1.29, 1.82) is 0 Å². The molecule has 0 spiro atoms. The molecule has 1 aliphatic carbocycles. The summed E-state index contributed by atoms with van der Waals surface area (Å²) < 4.78 is 12.0. The van der Waals surface area contributed by atoms with E-state index in [1.165, 1.54) is 18.4 Å². The zero-order chi connectivity index (χ0) is 11.5. The number of nitrogens with one attached hydrogen (secondary N) is 1. The van der Waals surface area contributed by atoms with Gasteiger partial charge >= 0.3 is 0 Å². The maximum absolute atomic E-state index is 12.0. The molecule has 0 amide bonds. The van der Waals surface area contributed by atoms with Crippen LogP contribution in [0.1, 0.15) is 24.0 Å². The second-order valence-corrected chi connectivity index (χ2v) is 6.09. The van der Waals surface area contributed by atoms with Crippen LogP contribution >= 0.6 is 0 Å². The van der Waals surface area contributed by atoms with Crippen LogP contribution in [-0.2, 0) is 10.8 Å². The van der Waals surface area contributed by atoms with Crippen molar-refractivity contribution >= 4 is 10.8 Å². The van der Waals surface area contributed by atoms with Crippen molar-refractivity contribution in [3.8, 4) is 0 Å². The van der Waals surface area contributed by atoms with Gasteiger partial charge in [0.15, 0.2) is 0 Å². The highest BCUT2D eigenvalue weighted by atomic mass is 32.2. The van der Waals surface area contributed by atoms with E-state index in [1.807, 2.05) is 19.1 Å². The van der Waals surface area contributed by atoms with Gasteiger partial charge in [-0.2, -0.15) is 0 Å². The SMILES string of the molecule is Cc1ccc(S(=O)CCNC2CC2)c(C)c1. The fourth-order valence-electron chi connectivity index (χ4n) is 1.81. The van der Waals surface area contributed by atoms with Crippen molar-refractivity contribution in [1.82, 2.24) is 5.32 Å². The number of hydrogen-bond donors (Lipinski definition) is 1. The van der Waals surface area contributed by atoms with Gasteiger partial charge < -0.3 is 5.32 Å². The number of aryl methyl sites for hydroxylation is 2. The molecule has 0 aromatic heterocycles. The summed E-state index contributed by atoms with van der Waals surface area (Å²) >= 11 is 0. The zero-order valence-corrected chi connectivity index (χ0v) is 10.8. The van der Waals surface area contributed by atoms with E-state index < -0.39 is 10.8 Å². The number of benzene rings is 1. The fraction of sp³-hybridized carbons (Fsp3) is 0.538. The van der Waals surface area contributed by atoms with Crippen LogP contribution in [-0.4, -0.2) is 22.5 Å². The summed E-state index contributed by atoms with van der Waals surface area (Å²) in [7, 11) is -0.854. The average Bonchev–Trinajstić information content (AvgIpc) is 3.01. The van der Waals surface area contributed by atoms with Crippen LogP contribution in [0.3, 0.4) is 0 Å². The predicted molar refractivity (Wildman–Crippen MR) is 68.2 cm³/mol. The van der Waals surface area contributed by atoms with E-state index in [2.05, 4.69) is 18.3 Å². The van der Waals surface area contributed by atoms with Gasteiger partial charge in [-0.25, -0.2) is 0 Å². The van der Waals surface area contributed by atoms with Crippen molar-refractivity contribution in [3.63, 3.8) is 0 Å². The van der Waals surface area contributed by atoms with Crippen molar-refractivity contribution < 1.29 is 4.21 Å². The molecule has 1 unspecified atom stereocenters. The molecule has 0 saturated heterocycles. The van der Waals surface area contributed by atoms with Crippen LogP contribution in [0.4, 0.5) is 0 Å². The molecule has 1 aromatic carbocycles. The first-order valence-corrected chi connectivity index (χ1v) is 7.18. The van der Waals surface area contributed by atoms with Gasteiger partial charge in [-0.1, -0.05) is 17.7 Å². The largest absolute Gasteiger partial charge is 0.313 e. The van der Waals surface area contributed by atoms with E-state index in [4.69, 9.17) is 0 Å². The Kier molecular flexibility index (Phi) is 3.77. The molecule has 1 aliphatic rings. The third kappa shape index (κ3) is 3.16. The summed E-state index contributed by atoms with van der Waals surface area (Å²) in [6, 6.07) is 6.84. The second-order valence-electron chi connectivity index (χ2n) is 4.55. The molecule has 0 radical (unpaired) electrons. The monoisotopic (exact) mass is 237 g/mol. The van der Waals surface area contributed by atoms with Gasteiger partial charge in [0.05, 0.1) is 10.8 Å². The molecular weight excluding hydrogens is 218 g/mol. The lowest BCUT2D eigenvalue weighted by atomic mass is 10.2. The van der Waals surface area contributed by atoms with E-state index in [0.29, 0.717) is 6.04 Å². The van der Waals surface area contributed by atoms with Crippen molar-refractivity contribution in [2.24, 2.45) is 0 Å². The Morgan fingerprint density at radius 2 is 2.12 bits per heavy atom. The van der Waals surface area contributed by atoms with Crippen molar-refractivity contribution in [2.45, 2.75) is 37.6 Å². The first-order valence-electron chi connectivity index (χ1n) is 5.86. The van der Waals surface area contributed by atoms with E-state index in [9.17, 15) is 4.21 Å². The van der Waals surface area contributed by atoms with Crippen LogP contribution < -0.4 is 5.32 Å². The highest BCUT2D eigenvalue weighted by Crippen LogP contribution is 2.18. The Morgan fingerprint density at radius 1 is 1.38 bits per heavy atom. The van der Waals surface area contributed by atoms with Crippen molar-refractivity contribution in [3.05, 3.63) is 29.3 Å². The van der Waals surface area contributed by atoms with Gasteiger partial charge in [0.2, 0.25) is 0 Å². The van der Waals surface area contributed by atoms with Gasteiger partial charge in [-0.3, -0.25) is 4.21 Å². The minimum atomic E-state index is -0.854. The van der Waals surface area contributed by atoms with Crippen LogP contribution in [0.2, 0.25) is 0 Å². The Morgan fingerprint density at radius 3 is 2.75 bits per heavy atom. The summed E-state index contributed by atoms with van der Waals surface area (Å²) in [5.41, 5.74) is 2.37. The molecule has 2 nitrogen and oxygen atoms in total. The van der Waals surface area contributed by atoms with Crippen LogP contribution in [0.15, 0.2) is 23.1 Å². The Hall–Kier alpha value is -0.670. The van der Waals surface area contributed by atoms with Crippen LogP contribution in [0.5, 0.6) is 0 Å². The Balaban J connectivity index is 1.91. The van der Waals surface area contributed by atoms with E-state index in [-0.39, 0.29) is 0 Å². The minimum Gasteiger partial charge on any atom is -0.313 e. The Bertz CT molecular complexity index is 399. The quantitative estimate of drug-likeness (QED) is 0.850. The molecule has 88 valence electrons. The summed E-state index contributed by atoms with van der Waals surface area (Å²) in [6.45, 7) is 4.97. The first-order chi connectivity index (χ1) is 7.66. The lowest BCUT2D eigenvalue weighted by Crippen LogP contribution is -2.22. The maximum Gasteiger partial charge on any atom is 0.0545 e. The molecule has 1 fully saturated rings. The molecule has 0 bridgehead atoms. The van der Waals surface area contributed by atoms with Crippen molar-refractivity contribution in [2.75, 3.05) is 12.3 Å². The average molecular weight is 237 g/mol. The molecule has 1 N–H and O–H groups in total. The molecule has 1 atom stereocenters. The van der Waals surface area contributed by atoms with Gasteiger partial charge in [0.25, 0.3) is 0 Å². The summed E-state index contributed by atoms with van der Waals surface area (Å²) in [6.07, 6.45) is 2.58. The van der Waals surface area contributed by atoms with Gasteiger partial charge in [-0.15, -0.1) is 0 Å².